The third kappa shape index (κ3) is 4.05. The minimum atomic E-state index is -2.39. The maximum absolute atomic E-state index is 13.0. The number of phenols is 1. The molecule has 0 saturated carbocycles. The Morgan fingerprint density at radius 1 is 1.38 bits per heavy atom. The van der Waals surface area contributed by atoms with E-state index >= 15 is 0 Å². The molecule has 2 rings (SSSR count). The number of nitrogens with one attached hydrogen (secondary N) is 1. The van der Waals surface area contributed by atoms with Crippen molar-refractivity contribution in [2.24, 2.45) is 0 Å². The van der Waals surface area contributed by atoms with Crippen LogP contribution in [0.2, 0.25) is 0 Å². The predicted molar refractivity (Wildman–Crippen MR) is 80.2 cm³/mol. The summed E-state index contributed by atoms with van der Waals surface area (Å²) in [6, 6.07) is 2.93. The van der Waals surface area contributed by atoms with Crippen LogP contribution in [0.5, 0.6) is 11.5 Å². The van der Waals surface area contributed by atoms with Gasteiger partial charge >= 0.3 is 0 Å². The summed E-state index contributed by atoms with van der Waals surface area (Å²) in [7, 11) is 1.44. The highest BCUT2D eigenvalue weighted by atomic mass is 79.9. The van der Waals surface area contributed by atoms with Gasteiger partial charge in [0.05, 0.1) is 11.6 Å². The second-order valence-corrected chi connectivity index (χ2v) is 5.84. The summed E-state index contributed by atoms with van der Waals surface area (Å²) < 4.78 is 31.5. The van der Waals surface area contributed by atoms with Crippen molar-refractivity contribution in [3.8, 4) is 11.5 Å². The molecule has 1 fully saturated rings. The lowest BCUT2D eigenvalue weighted by Gasteiger charge is -2.35. The highest BCUT2D eigenvalue weighted by Crippen LogP contribution is 2.39. The number of hydrogen-bond acceptors (Lipinski definition) is 4. The van der Waals surface area contributed by atoms with Crippen LogP contribution >= 0.6 is 15.9 Å². The molecule has 0 amide bonds. The van der Waals surface area contributed by atoms with Gasteiger partial charge in [0.25, 0.3) is 0 Å². The number of piperazine rings is 1. The van der Waals surface area contributed by atoms with Crippen LogP contribution in [0.3, 0.4) is 0 Å². The molecule has 2 N–H and O–H groups in total. The van der Waals surface area contributed by atoms with Crippen LogP contribution in [0.1, 0.15) is 18.0 Å². The molecular formula is C14H19BrF2N2O2. The van der Waals surface area contributed by atoms with Gasteiger partial charge in [-0.1, -0.05) is 0 Å². The number of rotatable bonds is 5. The summed E-state index contributed by atoms with van der Waals surface area (Å²) in [5.74, 6) is 0.270. The SMILES string of the molecule is COc1cc([C@H](CC(F)F)N2CCNCC2)cc(Br)c1O. The van der Waals surface area contributed by atoms with Gasteiger partial charge in [0.15, 0.2) is 11.5 Å². The molecule has 0 aliphatic carbocycles. The highest BCUT2D eigenvalue weighted by molar-refractivity contribution is 9.10. The molecule has 0 bridgehead atoms. The van der Waals surface area contributed by atoms with E-state index in [1.807, 2.05) is 4.90 Å². The van der Waals surface area contributed by atoms with Crippen molar-refractivity contribution in [1.29, 1.82) is 0 Å². The maximum atomic E-state index is 13.0. The Morgan fingerprint density at radius 2 is 2.05 bits per heavy atom. The fourth-order valence-electron chi connectivity index (χ4n) is 2.60. The van der Waals surface area contributed by atoms with Crippen LogP contribution in [0.15, 0.2) is 16.6 Å². The number of benzene rings is 1. The summed E-state index contributed by atoms with van der Waals surface area (Å²) in [6.07, 6.45) is -2.62. The van der Waals surface area contributed by atoms with Crippen molar-refractivity contribution < 1.29 is 18.6 Å². The number of hydrogen-bond donors (Lipinski definition) is 2. The van der Waals surface area contributed by atoms with E-state index in [0.717, 1.165) is 31.7 Å². The van der Waals surface area contributed by atoms with Crippen LogP contribution < -0.4 is 10.1 Å². The van der Waals surface area contributed by atoms with E-state index in [9.17, 15) is 13.9 Å². The molecule has 0 aromatic heterocycles. The average molecular weight is 365 g/mol. The van der Waals surface area contributed by atoms with Gasteiger partial charge in [0.1, 0.15) is 0 Å². The molecule has 1 aromatic carbocycles. The molecule has 4 nitrogen and oxygen atoms in total. The van der Waals surface area contributed by atoms with Crippen LogP contribution in [-0.4, -0.2) is 49.7 Å². The van der Waals surface area contributed by atoms with Gasteiger partial charge in [-0.15, -0.1) is 0 Å². The Kier molecular flexibility index (Phi) is 5.78. The van der Waals surface area contributed by atoms with Gasteiger partial charge in [-0.3, -0.25) is 4.90 Å². The molecule has 0 radical (unpaired) electrons. The van der Waals surface area contributed by atoms with E-state index in [-0.39, 0.29) is 17.9 Å². The number of halogens is 3. The molecule has 118 valence electrons. The first kappa shape index (κ1) is 16.5. The average Bonchev–Trinajstić information content (AvgIpc) is 2.48. The van der Waals surface area contributed by atoms with E-state index in [1.165, 1.54) is 7.11 Å². The summed E-state index contributed by atoms with van der Waals surface area (Å²) in [5.41, 5.74) is 0.721. The summed E-state index contributed by atoms with van der Waals surface area (Å²) in [6.45, 7) is 3.02. The first-order valence-corrected chi connectivity index (χ1v) is 7.61. The Labute approximate surface area is 131 Å². The molecule has 21 heavy (non-hydrogen) atoms. The topological polar surface area (TPSA) is 44.7 Å². The molecule has 1 heterocycles. The monoisotopic (exact) mass is 364 g/mol. The second-order valence-electron chi connectivity index (χ2n) is 4.98. The number of aromatic hydroxyl groups is 1. The van der Waals surface area contributed by atoms with E-state index in [2.05, 4.69) is 21.2 Å². The zero-order valence-corrected chi connectivity index (χ0v) is 13.4. The fraction of sp³-hybridized carbons (Fsp3) is 0.571. The number of ether oxygens (including phenoxy) is 1. The van der Waals surface area contributed by atoms with Crippen LogP contribution in [0, 0.1) is 0 Å². The van der Waals surface area contributed by atoms with Crippen molar-refractivity contribution in [3.05, 3.63) is 22.2 Å². The van der Waals surface area contributed by atoms with E-state index in [1.54, 1.807) is 12.1 Å². The normalized spacial score (nSPS) is 18.0. The molecule has 7 heteroatoms. The maximum Gasteiger partial charge on any atom is 0.240 e. The fourth-order valence-corrected chi connectivity index (χ4v) is 3.06. The minimum Gasteiger partial charge on any atom is -0.503 e. The Morgan fingerprint density at radius 3 is 2.62 bits per heavy atom. The smallest absolute Gasteiger partial charge is 0.240 e. The van der Waals surface area contributed by atoms with E-state index < -0.39 is 12.5 Å². The van der Waals surface area contributed by atoms with Gasteiger partial charge in [-0.25, -0.2) is 8.78 Å². The zero-order valence-electron chi connectivity index (χ0n) is 11.8. The van der Waals surface area contributed by atoms with Crippen molar-refractivity contribution in [1.82, 2.24) is 10.2 Å². The van der Waals surface area contributed by atoms with Gasteiger partial charge in [-0.05, 0) is 33.6 Å². The van der Waals surface area contributed by atoms with Crippen molar-refractivity contribution in [2.75, 3.05) is 33.3 Å². The lowest BCUT2D eigenvalue weighted by molar-refractivity contribution is 0.0738. The molecule has 0 spiro atoms. The Hall–Kier alpha value is -0.920. The minimum absolute atomic E-state index is 0.0163. The van der Waals surface area contributed by atoms with Crippen LogP contribution in [0.4, 0.5) is 8.78 Å². The summed E-state index contributed by atoms with van der Waals surface area (Å²) in [4.78, 5) is 2.04. The molecule has 1 atom stereocenters. The standard InChI is InChI=1S/C14H19BrF2N2O2/c1-21-12-7-9(6-10(15)14(12)20)11(8-13(16)17)19-4-2-18-3-5-19/h6-7,11,13,18,20H,2-5,8H2,1H3/t11-/m0/s1. The van der Waals surface area contributed by atoms with Gasteiger partial charge < -0.3 is 15.2 Å². The molecule has 1 aliphatic heterocycles. The number of methoxy groups -OCH3 is 1. The van der Waals surface area contributed by atoms with Crippen LogP contribution in [-0.2, 0) is 0 Å². The van der Waals surface area contributed by atoms with Crippen molar-refractivity contribution in [3.63, 3.8) is 0 Å². The largest absolute Gasteiger partial charge is 0.503 e. The molecular weight excluding hydrogens is 346 g/mol. The van der Waals surface area contributed by atoms with Gasteiger partial charge in [0, 0.05) is 38.6 Å². The molecule has 1 saturated heterocycles. The first-order valence-electron chi connectivity index (χ1n) is 6.82. The first-order chi connectivity index (χ1) is 10.0. The van der Waals surface area contributed by atoms with E-state index in [0.29, 0.717) is 4.47 Å². The van der Waals surface area contributed by atoms with Crippen molar-refractivity contribution in [2.45, 2.75) is 18.9 Å². The number of alkyl halides is 2. The summed E-state index contributed by atoms with van der Waals surface area (Å²) >= 11 is 3.25. The number of phenolic OH excluding ortho intramolecular Hbond substituents is 1. The molecule has 1 aromatic rings. The zero-order chi connectivity index (χ0) is 15.4. The quantitative estimate of drug-likeness (QED) is 0.843. The lowest BCUT2D eigenvalue weighted by atomic mass is 10.0. The number of nitrogens with zero attached hydrogens (tertiary/aromatic N) is 1. The Balaban J connectivity index is 2.33. The third-order valence-electron chi connectivity index (χ3n) is 3.65. The van der Waals surface area contributed by atoms with E-state index in [4.69, 9.17) is 4.74 Å². The second kappa shape index (κ2) is 7.38. The summed E-state index contributed by atoms with van der Waals surface area (Å²) in [5, 5.41) is 13.1. The lowest BCUT2D eigenvalue weighted by Crippen LogP contribution is -2.45. The van der Waals surface area contributed by atoms with Gasteiger partial charge in [0.2, 0.25) is 6.43 Å². The van der Waals surface area contributed by atoms with Crippen LogP contribution in [0.25, 0.3) is 0 Å². The molecule has 1 aliphatic rings. The third-order valence-corrected chi connectivity index (χ3v) is 4.25. The predicted octanol–water partition coefficient (Wildman–Crippen LogP) is 2.76. The highest BCUT2D eigenvalue weighted by Gasteiger charge is 2.27. The van der Waals surface area contributed by atoms with Gasteiger partial charge in [-0.2, -0.15) is 0 Å². The Bertz CT molecular complexity index is 482. The van der Waals surface area contributed by atoms with Crippen molar-refractivity contribution >= 4 is 15.9 Å². The molecule has 0 unspecified atom stereocenters.